The Balaban J connectivity index is 1.95. The third kappa shape index (κ3) is 2.00. The van der Waals surface area contributed by atoms with Crippen LogP contribution in [0.2, 0.25) is 0 Å². The van der Waals surface area contributed by atoms with Gasteiger partial charge in [-0.3, -0.25) is 4.79 Å². The lowest BCUT2D eigenvalue weighted by Crippen LogP contribution is -2.39. The van der Waals surface area contributed by atoms with Crippen LogP contribution in [0.15, 0.2) is 48.2 Å². The normalized spacial score (nSPS) is 28.8. The average molecular weight is 274 g/mol. The number of allylic oxidation sites excluding steroid dienone is 4. The summed E-state index contributed by atoms with van der Waals surface area (Å²) in [4.78, 5) is 11.4. The lowest BCUT2D eigenvalue weighted by molar-refractivity contribution is -0.121. The number of fused-ring (bicyclic) bond motifs is 1. The first-order valence-corrected chi connectivity index (χ1v) is 6.90. The maximum Gasteiger partial charge on any atom is 0.246 e. The molecule has 2 atom stereocenters. The zero-order chi connectivity index (χ0) is 13.5. The molecule has 3 rings (SSSR count). The fourth-order valence-corrected chi connectivity index (χ4v) is 3.27. The van der Waals surface area contributed by atoms with E-state index in [2.05, 4.69) is 24.4 Å². The van der Waals surface area contributed by atoms with E-state index >= 15 is 0 Å². The first-order chi connectivity index (χ1) is 9.11. The van der Waals surface area contributed by atoms with Crippen molar-refractivity contribution in [3.63, 3.8) is 0 Å². The molecular weight excluding hydrogens is 258 g/mol. The standard InChI is InChI=1S/C16H16ClNO/c1-11-6-2-3-7-12(11)10-16(17)13-8-4-5-9-14(13)18-15(16)19/h2-7,9,13H,8,10H2,1H3,(H,18,19). The van der Waals surface area contributed by atoms with Crippen molar-refractivity contribution in [1.82, 2.24) is 5.32 Å². The lowest BCUT2D eigenvalue weighted by Gasteiger charge is -2.27. The van der Waals surface area contributed by atoms with Gasteiger partial charge in [0, 0.05) is 18.0 Å². The van der Waals surface area contributed by atoms with Crippen LogP contribution in [0.25, 0.3) is 0 Å². The monoisotopic (exact) mass is 273 g/mol. The number of rotatable bonds is 2. The molecule has 2 nitrogen and oxygen atoms in total. The predicted octanol–water partition coefficient (Wildman–Crippen LogP) is 3.10. The lowest BCUT2D eigenvalue weighted by atomic mass is 9.82. The van der Waals surface area contributed by atoms with Crippen LogP contribution in [0.5, 0.6) is 0 Å². The van der Waals surface area contributed by atoms with Crippen molar-refractivity contribution in [3.8, 4) is 0 Å². The van der Waals surface area contributed by atoms with E-state index in [1.54, 1.807) is 0 Å². The molecule has 1 amide bonds. The summed E-state index contributed by atoms with van der Waals surface area (Å²) >= 11 is 6.71. The SMILES string of the molecule is Cc1ccccc1CC1(Cl)C(=O)NC2=CC=CCC21. The largest absolute Gasteiger partial charge is 0.328 e. The minimum Gasteiger partial charge on any atom is -0.328 e. The average Bonchev–Trinajstić information content (AvgIpc) is 2.65. The van der Waals surface area contributed by atoms with Gasteiger partial charge in [0.15, 0.2) is 0 Å². The Labute approximate surface area is 118 Å². The maximum atomic E-state index is 12.3. The summed E-state index contributed by atoms with van der Waals surface area (Å²) < 4.78 is 0. The van der Waals surface area contributed by atoms with Gasteiger partial charge in [0.1, 0.15) is 4.87 Å². The number of aryl methyl sites for hydroxylation is 1. The Hall–Kier alpha value is -1.54. The van der Waals surface area contributed by atoms with E-state index in [1.165, 1.54) is 5.56 Å². The molecule has 1 aliphatic carbocycles. The number of carbonyl (C=O) groups excluding carboxylic acids is 1. The Bertz CT molecular complexity index is 590. The third-order valence-electron chi connectivity index (χ3n) is 4.06. The summed E-state index contributed by atoms with van der Waals surface area (Å²) in [6.45, 7) is 2.06. The van der Waals surface area contributed by atoms with Crippen molar-refractivity contribution < 1.29 is 4.79 Å². The Kier molecular flexibility index (Phi) is 2.98. The van der Waals surface area contributed by atoms with Crippen LogP contribution >= 0.6 is 11.6 Å². The van der Waals surface area contributed by atoms with Gasteiger partial charge in [0.25, 0.3) is 0 Å². The summed E-state index contributed by atoms with van der Waals surface area (Å²) in [5, 5.41) is 2.93. The molecule has 0 bridgehead atoms. The maximum absolute atomic E-state index is 12.3. The topological polar surface area (TPSA) is 29.1 Å². The van der Waals surface area contributed by atoms with E-state index in [4.69, 9.17) is 11.6 Å². The first kappa shape index (κ1) is 12.5. The van der Waals surface area contributed by atoms with Crippen LogP contribution in [0, 0.1) is 12.8 Å². The van der Waals surface area contributed by atoms with E-state index in [0.717, 1.165) is 17.7 Å². The molecule has 1 aliphatic heterocycles. The highest BCUT2D eigenvalue weighted by Gasteiger charge is 2.51. The molecule has 98 valence electrons. The number of hydrogen-bond donors (Lipinski definition) is 1. The number of amides is 1. The van der Waals surface area contributed by atoms with Gasteiger partial charge in [-0.05, 0) is 30.5 Å². The molecule has 0 radical (unpaired) electrons. The third-order valence-corrected chi connectivity index (χ3v) is 4.62. The molecule has 1 N–H and O–H groups in total. The predicted molar refractivity (Wildman–Crippen MR) is 76.9 cm³/mol. The molecule has 0 spiro atoms. The van der Waals surface area contributed by atoms with E-state index < -0.39 is 4.87 Å². The van der Waals surface area contributed by atoms with Crippen LogP contribution in [0.4, 0.5) is 0 Å². The number of hydrogen-bond acceptors (Lipinski definition) is 1. The van der Waals surface area contributed by atoms with E-state index in [0.29, 0.717) is 6.42 Å². The van der Waals surface area contributed by atoms with E-state index in [-0.39, 0.29) is 11.8 Å². The molecule has 2 aliphatic rings. The number of alkyl halides is 1. The quantitative estimate of drug-likeness (QED) is 0.825. The number of benzene rings is 1. The van der Waals surface area contributed by atoms with E-state index in [9.17, 15) is 4.79 Å². The van der Waals surface area contributed by atoms with Gasteiger partial charge in [-0.2, -0.15) is 0 Å². The molecule has 0 aromatic heterocycles. The van der Waals surface area contributed by atoms with Crippen LogP contribution in [0.3, 0.4) is 0 Å². The van der Waals surface area contributed by atoms with Crippen molar-refractivity contribution in [3.05, 3.63) is 59.3 Å². The van der Waals surface area contributed by atoms with Gasteiger partial charge in [0.05, 0.1) is 0 Å². The summed E-state index contributed by atoms with van der Waals surface area (Å²) in [5.74, 6) is -0.0105. The number of nitrogens with one attached hydrogen (secondary N) is 1. The molecule has 1 aromatic carbocycles. The van der Waals surface area contributed by atoms with Crippen LogP contribution < -0.4 is 5.32 Å². The smallest absolute Gasteiger partial charge is 0.246 e. The Morgan fingerprint density at radius 2 is 2.21 bits per heavy atom. The summed E-state index contributed by atoms with van der Waals surface area (Å²) in [6, 6.07) is 8.10. The van der Waals surface area contributed by atoms with Crippen LogP contribution in [-0.4, -0.2) is 10.8 Å². The van der Waals surface area contributed by atoms with Gasteiger partial charge >= 0.3 is 0 Å². The molecule has 1 heterocycles. The molecular formula is C16H16ClNO. The van der Waals surface area contributed by atoms with Gasteiger partial charge in [0.2, 0.25) is 5.91 Å². The number of halogens is 1. The zero-order valence-electron chi connectivity index (χ0n) is 10.8. The fraction of sp³-hybridized carbons (Fsp3) is 0.312. The molecule has 1 fully saturated rings. The molecule has 1 aromatic rings. The Morgan fingerprint density at radius 1 is 1.42 bits per heavy atom. The highest BCUT2D eigenvalue weighted by atomic mass is 35.5. The molecule has 2 unspecified atom stereocenters. The molecule has 0 saturated carbocycles. The Morgan fingerprint density at radius 3 is 3.00 bits per heavy atom. The zero-order valence-corrected chi connectivity index (χ0v) is 11.6. The van der Waals surface area contributed by atoms with Crippen molar-refractivity contribution in [2.45, 2.75) is 24.6 Å². The summed E-state index contributed by atoms with van der Waals surface area (Å²) in [6.07, 6.45) is 7.39. The molecule has 19 heavy (non-hydrogen) atoms. The van der Waals surface area contributed by atoms with Gasteiger partial charge < -0.3 is 5.32 Å². The van der Waals surface area contributed by atoms with Crippen LogP contribution in [0.1, 0.15) is 17.5 Å². The highest BCUT2D eigenvalue weighted by Crippen LogP contribution is 2.43. The number of carbonyl (C=O) groups is 1. The molecule has 1 saturated heterocycles. The minimum atomic E-state index is -0.858. The van der Waals surface area contributed by atoms with Gasteiger partial charge in [-0.1, -0.05) is 36.4 Å². The van der Waals surface area contributed by atoms with Gasteiger partial charge in [-0.15, -0.1) is 11.6 Å². The van der Waals surface area contributed by atoms with Crippen molar-refractivity contribution >= 4 is 17.5 Å². The fourth-order valence-electron chi connectivity index (χ4n) is 2.87. The van der Waals surface area contributed by atoms with Crippen molar-refractivity contribution in [2.24, 2.45) is 5.92 Å². The molecule has 3 heteroatoms. The van der Waals surface area contributed by atoms with Gasteiger partial charge in [-0.25, -0.2) is 0 Å². The second kappa shape index (κ2) is 4.53. The van der Waals surface area contributed by atoms with E-state index in [1.807, 2.05) is 30.4 Å². The van der Waals surface area contributed by atoms with Crippen molar-refractivity contribution in [1.29, 1.82) is 0 Å². The first-order valence-electron chi connectivity index (χ1n) is 6.53. The van der Waals surface area contributed by atoms with Crippen molar-refractivity contribution in [2.75, 3.05) is 0 Å². The summed E-state index contributed by atoms with van der Waals surface area (Å²) in [5.41, 5.74) is 3.28. The second-order valence-corrected chi connectivity index (χ2v) is 5.93. The summed E-state index contributed by atoms with van der Waals surface area (Å²) in [7, 11) is 0. The second-order valence-electron chi connectivity index (χ2n) is 5.26. The highest BCUT2D eigenvalue weighted by molar-refractivity contribution is 6.36. The van der Waals surface area contributed by atoms with Crippen LogP contribution in [-0.2, 0) is 11.2 Å². The minimum absolute atomic E-state index is 0.0614.